The Balaban J connectivity index is 1.59. The van der Waals surface area contributed by atoms with Crippen molar-refractivity contribution in [1.82, 2.24) is 4.90 Å². The molecule has 6 heteroatoms. The molecular formula is C21H28N2O4. The molecule has 1 aliphatic carbocycles. The number of amides is 3. The molecule has 3 rings (SSSR count). The minimum Gasteiger partial charge on any atom is -0.495 e. The Bertz CT molecular complexity index is 773. The quantitative estimate of drug-likeness (QED) is 0.778. The smallest absolute Gasteiger partial charge is 0.235 e. The fourth-order valence-electron chi connectivity index (χ4n) is 4.47. The van der Waals surface area contributed by atoms with Crippen LogP contribution < -0.4 is 10.1 Å². The largest absolute Gasteiger partial charge is 0.495 e. The molecule has 2 unspecified atom stereocenters. The van der Waals surface area contributed by atoms with Crippen molar-refractivity contribution in [3.8, 4) is 5.75 Å². The number of fused-ring (bicyclic) bond motifs is 2. The van der Waals surface area contributed by atoms with Crippen LogP contribution >= 0.6 is 0 Å². The van der Waals surface area contributed by atoms with Gasteiger partial charge in [0.2, 0.25) is 17.7 Å². The van der Waals surface area contributed by atoms with Crippen LogP contribution in [-0.4, -0.2) is 36.3 Å². The highest BCUT2D eigenvalue weighted by Crippen LogP contribution is 2.60. The standard InChI is InChI=1S/C21H28N2O4/c1-20(2)14-11-12-21(20,3)19(26)23(18(14)25)13-7-10-17(24)22-15-8-5-6-9-16(15)27-4/h5-6,8-9,14H,7,10-13H2,1-4H3,(H,22,24). The predicted octanol–water partition coefficient (Wildman–Crippen LogP) is 3.23. The molecule has 1 N–H and O–H groups in total. The second-order valence-electron chi connectivity index (χ2n) is 8.29. The van der Waals surface area contributed by atoms with Crippen LogP contribution in [0.2, 0.25) is 0 Å². The molecule has 146 valence electrons. The van der Waals surface area contributed by atoms with Gasteiger partial charge in [0.15, 0.2) is 0 Å². The molecule has 0 radical (unpaired) electrons. The van der Waals surface area contributed by atoms with E-state index in [2.05, 4.69) is 5.32 Å². The number of carbonyl (C=O) groups excluding carboxylic acids is 3. The number of piperidine rings is 1. The third-order valence-electron chi connectivity index (χ3n) is 6.67. The van der Waals surface area contributed by atoms with Crippen molar-refractivity contribution < 1.29 is 19.1 Å². The van der Waals surface area contributed by atoms with E-state index in [1.165, 1.54) is 4.90 Å². The van der Waals surface area contributed by atoms with Crippen LogP contribution in [-0.2, 0) is 14.4 Å². The third kappa shape index (κ3) is 3.11. The number of carbonyl (C=O) groups is 3. The highest BCUT2D eigenvalue weighted by atomic mass is 16.5. The van der Waals surface area contributed by atoms with Crippen LogP contribution in [0.15, 0.2) is 24.3 Å². The summed E-state index contributed by atoms with van der Waals surface area (Å²) < 4.78 is 5.22. The van der Waals surface area contributed by atoms with Gasteiger partial charge in [0.05, 0.1) is 18.2 Å². The number of hydrogen-bond acceptors (Lipinski definition) is 4. The van der Waals surface area contributed by atoms with Crippen LogP contribution in [0, 0.1) is 16.7 Å². The van der Waals surface area contributed by atoms with Gasteiger partial charge in [0.25, 0.3) is 0 Å². The Morgan fingerprint density at radius 1 is 1.26 bits per heavy atom. The Kier molecular flexibility index (Phi) is 5.02. The molecule has 2 fully saturated rings. The number of methoxy groups -OCH3 is 1. The molecule has 1 heterocycles. The minimum atomic E-state index is -0.495. The first kappa shape index (κ1) is 19.4. The van der Waals surface area contributed by atoms with E-state index in [-0.39, 0.29) is 35.5 Å². The van der Waals surface area contributed by atoms with Gasteiger partial charge in [-0.25, -0.2) is 0 Å². The van der Waals surface area contributed by atoms with Crippen molar-refractivity contribution in [2.75, 3.05) is 19.0 Å². The zero-order valence-corrected chi connectivity index (χ0v) is 16.5. The van der Waals surface area contributed by atoms with E-state index in [0.29, 0.717) is 24.4 Å². The molecule has 3 amide bonds. The maximum absolute atomic E-state index is 13.0. The van der Waals surface area contributed by atoms with Gasteiger partial charge in [0.1, 0.15) is 5.75 Å². The lowest BCUT2D eigenvalue weighted by molar-refractivity contribution is -0.168. The first-order valence-electron chi connectivity index (χ1n) is 9.51. The van der Waals surface area contributed by atoms with Gasteiger partial charge in [-0.2, -0.15) is 0 Å². The Labute approximate surface area is 160 Å². The number of anilines is 1. The van der Waals surface area contributed by atoms with Crippen LogP contribution in [0.1, 0.15) is 46.5 Å². The third-order valence-corrected chi connectivity index (χ3v) is 6.67. The van der Waals surface area contributed by atoms with Gasteiger partial charge in [-0.3, -0.25) is 19.3 Å². The van der Waals surface area contributed by atoms with E-state index in [1.54, 1.807) is 19.2 Å². The molecule has 27 heavy (non-hydrogen) atoms. The number of hydrogen-bond donors (Lipinski definition) is 1. The minimum absolute atomic E-state index is 0.0786. The summed E-state index contributed by atoms with van der Waals surface area (Å²) in [6.45, 7) is 6.32. The highest BCUT2D eigenvalue weighted by Gasteiger charge is 2.64. The Morgan fingerprint density at radius 2 is 1.96 bits per heavy atom. The van der Waals surface area contributed by atoms with Crippen LogP contribution in [0.3, 0.4) is 0 Å². The predicted molar refractivity (Wildman–Crippen MR) is 102 cm³/mol. The van der Waals surface area contributed by atoms with Crippen molar-refractivity contribution in [2.24, 2.45) is 16.7 Å². The molecular weight excluding hydrogens is 344 g/mol. The van der Waals surface area contributed by atoms with Crippen LogP contribution in [0.25, 0.3) is 0 Å². The molecule has 0 aromatic heterocycles. The monoisotopic (exact) mass is 372 g/mol. The first-order chi connectivity index (χ1) is 12.7. The van der Waals surface area contributed by atoms with Crippen molar-refractivity contribution >= 4 is 23.4 Å². The van der Waals surface area contributed by atoms with Crippen LogP contribution in [0.5, 0.6) is 5.75 Å². The van der Waals surface area contributed by atoms with Gasteiger partial charge in [-0.1, -0.05) is 32.9 Å². The second kappa shape index (κ2) is 6.98. The molecule has 1 saturated heterocycles. The molecule has 1 aromatic carbocycles. The number of rotatable bonds is 6. The van der Waals surface area contributed by atoms with Gasteiger partial charge in [-0.15, -0.1) is 0 Å². The number of benzene rings is 1. The average molecular weight is 372 g/mol. The summed E-state index contributed by atoms with van der Waals surface area (Å²) in [5, 5.41) is 2.82. The number of para-hydroxylation sites is 2. The van der Waals surface area contributed by atoms with Crippen molar-refractivity contribution in [1.29, 1.82) is 0 Å². The molecule has 2 bridgehead atoms. The van der Waals surface area contributed by atoms with Gasteiger partial charge >= 0.3 is 0 Å². The maximum Gasteiger partial charge on any atom is 0.235 e. The highest BCUT2D eigenvalue weighted by molar-refractivity contribution is 6.03. The van der Waals surface area contributed by atoms with Crippen LogP contribution in [0.4, 0.5) is 5.69 Å². The normalized spacial score (nSPS) is 26.2. The van der Waals surface area contributed by atoms with Gasteiger partial charge in [0, 0.05) is 18.9 Å². The topological polar surface area (TPSA) is 75.7 Å². The van der Waals surface area contributed by atoms with Crippen molar-refractivity contribution in [2.45, 2.75) is 46.5 Å². The molecule has 2 aliphatic rings. The SMILES string of the molecule is COc1ccccc1NC(=O)CCCN1C(=O)C2CCC(C)(C1=O)C2(C)C. The number of nitrogens with zero attached hydrogens (tertiary/aromatic N) is 1. The van der Waals surface area contributed by atoms with E-state index in [1.807, 2.05) is 32.9 Å². The zero-order valence-electron chi connectivity index (χ0n) is 16.5. The summed E-state index contributed by atoms with van der Waals surface area (Å²) in [6.07, 6.45) is 2.19. The van der Waals surface area contributed by atoms with Crippen molar-refractivity contribution in [3.05, 3.63) is 24.3 Å². The van der Waals surface area contributed by atoms with Gasteiger partial charge in [-0.05, 0) is 36.8 Å². The lowest BCUT2D eigenvalue weighted by Gasteiger charge is -2.47. The fourth-order valence-corrected chi connectivity index (χ4v) is 4.47. The number of ether oxygens (including phenoxy) is 1. The number of likely N-dealkylation sites (tertiary alicyclic amines) is 1. The summed E-state index contributed by atoms with van der Waals surface area (Å²) in [7, 11) is 1.55. The summed E-state index contributed by atoms with van der Waals surface area (Å²) in [6, 6.07) is 7.20. The van der Waals surface area contributed by atoms with E-state index in [4.69, 9.17) is 4.74 Å². The zero-order chi connectivity index (χ0) is 19.8. The average Bonchev–Trinajstić information content (AvgIpc) is 2.82. The number of imide groups is 1. The summed E-state index contributed by atoms with van der Waals surface area (Å²) >= 11 is 0. The van der Waals surface area contributed by atoms with E-state index >= 15 is 0 Å². The van der Waals surface area contributed by atoms with Gasteiger partial charge < -0.3 is 10.1 Å². The van der Waals surface area contributed by atoms with Crippen molar-refractivity contribution in [3.63, 3.8) is 0 Å². The second-order valence-corrected chi connectivity index (χ2v) is 8.29. The molecule has 1 saturated carbocycles. The molecule has 1 aromatic rings. The fraction of sp³-hybridized carbons (Fsp3) is 0.571. The number of nitrogens with one attached hydrogen (secondary N) is 1. The molecule has 1 aliphatic heterocycles. The molecule has 0 spiro atoms. The van der Waals surface area contributed by atoms with E-state index in [9.17, 15) is 14.4 Å². The van der Waals surface area contributed by atoms with E-state index in [0.717, 1.165) is 12.8 Å². The summed E-state index contributed by atoms with van der Waals surface area (Å²) in [5.74, 6) is 0.161. The lowest BCUT2D eigenvalue weighted by Crippen LogP contribution is -2.59. The first-order valence-corrected chi connectivity index (χ1v) is 9.51. The van der Waals surface area contributed by atoms with E-state index < -0.39 is 5.41 Å². The maximum atomic E-state index is 13.0. The summed E-state index contributed by atoms with van der Waals surface area (Å²) in [4.78, 5) is 39.4. The Hall–Kier alpha value is -2.37. The molecule has 2 atom stereocenters. The Morgan fingerprint density at radius 3 is 2.67 bits per heavy atom. The lowest BCUT2D eigenvalue weighted by atomic mass is 9.62. The summed E-state index contributed by atoms with van der Waals surface area (Å²) in [5.41, 5.74) is -0.188. The molecule has 6 nitrogen and oxygen atoms in total.